The molecule has 1 fully saturated rings. The summed E-state index contributed by atoms with van der Waals surface area (Å²) in [7, 11) is 0. The lowest BCUT2D eigenvalue weighted by Gasteiger charge is -2.45. The van der Waals surface area contributed by atoms with Crippen molar-refractivity contribution in [3.63, 3.8) is 0 Å². The van der Waals surface area contributed by atoms with Gasteiger partial charge in [0, 0.05) is 0 Å². The normalized spacial score (nSPS) is 28.1. The highest BCUT2D eigenvalue weighted by Crippen LogP contribution is 2.42. The van der Waals surface area contributed by atoms with Crippen LogP contribution in [-0.2, 0) is 4.74 Å². The van der Waals surface area contributed by atoms with Crippen LogP contribution in [0.4, 0.5) is 0 Å². The fraction of sp³-hybridized carbons (Fsp3) is 1.00. The zero-order valence-corrected chi connectivity index (χ0v) is 14.9. The Balaban J connectivity index is 2.70. The first kappa shape index (κ1) is 18.0. The van der Waals surface area contributed by atoms with E-state index in [4.69, 9.17) is 4.74 Å². The van der Waals surface area contributed by atoms with Gasteiger partial charge in [-0.15, -0.1) is 0 Å². The second-order valence-corrected chi connectivity index (χ2v) is 8.02. The molecule has 0 radical (unpaired) electrons. The van der Waals surface area contributed by atoms with Crippen molar-refractivity contribution in [3.8, 4) is 0 Å². The van der Waals surface area contributed by atoms with Crippen LogP contribution in [0.15, 0.2) is 0 Å². The van der Waals surface area contributed by atoms with Crippen molar-refractivity contribution >= 4 is 0 Å². The van der Waals surface area contributed by atoms with E-state index in [0.29, 0.717) is 11.3 Å². The maximum Gasteiger partial charge on any atom is 0.0708 e. The standard InChI is InChI=1S/C19H38O/c1-7-11-18(6,12-8-2)15-20-19(16(3)4)13-9-10-17(5)14-19/h16-17H,7-15H2,1-6H3. The minimum Gasteiger partial charge on any atom is -0.374 e. The van der Waals surface area contributed by atoms with E-state index in [2.05, 4.69) is 41.5 Å². The number of ether oxygens (including phenoxy) is 1. The summed E-state index contributed by atoms with van der Waals surface area (Å²) in [5, 5.41) is 0. The van der Waals surface area contributed by atoms with Gasteiger partial charge in [-0.3, -0.25) is 0 Å². The Kier molecular flexibility index (Phi) is 7.04. The van der Waals surface area contributed by atoms with Crippen LogP contribution in [-0.4, -0.2) is 12.2 Å². The van der Waals surface area contributed by atoms with E-state index in [9.17, 15) is 0 Å². The van der Waals surface area contributed by atoms with Crippen LogP contribution in [0.5, 0.6) is 0 Å². The van der Waals surface area contributed by atoms with Gasteiger partial charge in [0.25, 0.3) is 0 Å². The zero-order chi connectivity index (χ0) is 15.2. The largest absolute Gasteiger partial charge is 0.374 e. The molecule has 0 N–H and O–H groups in total. The molecule has 2 atom stereocenters. The van der Waals surface area contributed by atoms with Crippen LogP contribution in [0.2, 0.25) is 0 Å². The van der Waals surface area contributed by atoms with E-state index in [1.165, 1.54) is 51.4 Å². The van der Waals surface area contributed by atoms with Crippen molar-refractivity contribution in [2.24, 2.45) is 17.3 Å². The van der Waals surface area contributed by atoms with Gasteiger partial charge in [-0.2, -0.15) is 0 Å². The van der Waals surface area contributed by atoms with Crippen molar-refractivity contribution in [2.45, 2.75) is 98.5 Å². The van der Waals surface area contributed by atoms with E-state index in [0.717, 1.165) is 12.5 Å². The number of rotatable bonds is 8. The third-order valence-electron chi connectivity index (χ3n) is 5.46. The lowest BCUT2D eigenvalue weighted by atomic mass is 9.72. The third kappa shape index (κ3) is 4.76. The zero-order valence-electron chi connectivity index (χ0n) is 14.9. The molecule has 1 rings (SSSR count). The van der Waals surface area contributed by atoms with Crippen LogP contribution in [0.1, 0.15) is 92.9 Å². The van der Waals surface area contributed by atoms with E-state index in [-0.39, 0.29) is 5.60 Å². The van der Waals surface area contributed by atoms with Crippen LogP contribution in [0.25, 0.3) is 0 Å². The van der Waals surface area contributed by atoms with Gasteiger partial charge >= 0.3 is 0 Å². The first-order valence-electron chi connectivity index (χ1n) is 9.01. The second kappa shape index (κ2) is 7.82. The first-order valence-corrected chi connectivity index (χ1v) is 9.01. The molecule has 0 amide bonds. The predicted molar refractivity (Wildman–Crippen MR) is 89.1 cm³/mol. The van der Waals surface area contributed by atoms with Crippen LogP contribution < -0.4 is 0 Å². The molecule has 120 valence electrons. The molecular formula is C19H38O. The lowest BCUT2D eigenvalue weighted by Crippen LogP contribution is -2.45. The van der Waals surface area contributed by atoms with Crippen molar-refractivity contribution in [1.82, 2.24) is 0 Å². The molecule has 1 saturated carbocycles. The SMILES string of the molecule is CCCC(C)(CCC)COC1(C(C)C)CCCC(C)C1. The van der Waals surface area contributed by atoms with Gasteiger partial charge in [-0.25, -0.2) is 0 Å². The van der Waals surface area contributed by atoms with E-state index in [1.54, 1.807) is 0 Å². The minimum absolute atomic E-state index is 0.153. The van der Waals surface area contributed by atoms with E-state index >= 15 is 0 Å². The maximum absolute atomic E-state index is 6.67. The number of hydrogen-bond donors (Lipinski definition) is 0. The minimum atomic E-state index is 0.153. The van der Waals surface area contributed by atoms with Crippen LogP contribution >= 0.6 is 0 Å². The molecule has 1 nitrogen and oxygen atoms in total. The van der Waals surface area contributed by atoms with Crippen LogP contribution in [0, 0.1) is 17.3 Å². The molecular weight excluding hydrogens is 244 g/mol. The highest BCUT2D eigenvalue weighted by atomic mass is 16.5. The second-order valence-electron chi connectivity index (χ2n) is 8.02. The predicted octanol–water partition coefficient (Wildman–Crippen LogP) is 6.21. The molecule has 0 aromatic heterocycles. The Morgan fingerprint density at radius 1 is 1.20 bits per heavy atom. The maximum atomic E-state index is 6.67. The molecule has 2 unspecified atom stereocenters. The Morgan fingerprint density at radius 3 is 2.25 bits per heavy atom. The fourth-order valence-corrected chi connectivity index (χ4v) is 4.16. The lowest BCUT2D eigenvalue weighted by molar-refractivity contribution is -0.137. The van der Waals surface area contributed by atoms with Crippen molar-refractivity contribution in [2.75, 3.05) is 6.61 Å². The average molecular weight is 283 g/mol. The Bertz CT molecular complexity index is 265. The highest BCUT2D eigenvalue weighted by Gasteiger charge is 2.40. The van der Waals surface area contributed by atoms with Gasteiger partial charge in [0.15, 0.2) is 0 Å². The highest BCUT2D eigenvalue weighted by molar-refractivity contribution is 4.90. The fourth-order valence-electron chi connectivity index (χ4n) is 4.16. The Hall–Kier alpha value is -0.0400. The molecule has 0 aromatic rings. The molecule has 1 aliphatic carbocycles. The topological polar surface area (TPSA) is 9.23 Å². The van der Waals surface area contributed by atoms with Crippen molar-refractivity contribution in [3.05, 3.63) is 0 Å². The molecule has 0 bridgehead atoms. The summed E-state index contributed by atoms with van der Waals surface area (Å²) in [6.07, 6.45) is 10.4. The molecule has 0 spiro atoms. The summed E-state index contributed by atoms with van der Waals surface area (Å²) in [5.41, 5.74) is 0.534. The smallest absolute Gasteiger partial charge is 0.0708 e. The summed E-state index contributed by atoms with van der Waals surface area (Å²) >= 11 is 0. The summed E-state index contributed by atoms with van der Waals surface area (Å²) in [6.45, 7) is 15.1. The summed E-state index contributed by atoms with van der Waals surface area (Å²) < 4.78 is 6.67. The first-order chi connectivity index (χ1) is 9.37. The summed E-state index contributed by atoms with van der Waals surface area (Å²) in [6, 6.07) is 0. The van der Waals surface area contributed by atoms with Gasteiger partial charge in [0.05, 0.1) is 12.2 Å². The van der Waals surface area contributed by atoms with Crippen molar-refractivity contribution in [1.29, 1.82) is 0 Å². The quantitative estimate of drug-likeness (QED) is 0.514. The van der Waals surface area contributed by atoms with Gasteiger partial charge in [0.2, 0.25) is 0 Å². The van der Waals surface area contributed by atoms with E-state index in [1.807, 2.05) is 0 Å². The summed E-state index contributed by atoms with van der Waals surface area (Å²) in [4.78, 5) is 0. The monoisotopic (exact) mass is 282 g/mol. The number of hydrogen-bond acceptors (Lipinski definition) is 1. The van der Waals surface area contributed by atoms with Crippen LogP contribution in [0.3, 0.4) is 0 Å². The van der Waals surface area contributed by atoms with E-state index < -0.39 is 0 Å². The third-order valence-corrected chi connectivity index (χ3v) is 5.46. The average Bonchev–Trinajstić information content (AvgIpc) is 2.37. The van der Waals surface area contributed by atoms with Gasteiger partial charge in [-0.1, -0.05) is 67.2 Å². The molecule has 1 aliphatic rings. The molecule has 0 aromatic carbocycles. The molecule has 0 aliphatic heterocycles. The van der Waals surface area contributed by atoms with Gasteiger partial charge in [0.1, 0.15) is 0 Å². The van der Waals surface area contributed by atoms with Gasteiger partial charge in [-0.05, 0) is 42.9 Å². The summed E-state index contributed by atoms with van der Waals surface area (Å²) in [5.74, 6) is 1.47. The molecule has 0 heterocycles. The Morgan fingerprint density at radius 2 is 1.80 bits per heavy atom. The molecule has 1 heteroatoms. The Labute approximate surface area is 127 Å². The molecule has 0 saturated heterocycles. The van der Waals surface area contributed by atoms with Gasteiger partial charge < -0.3 is 4.74 Å². The van der Waals surface area contributed by atoms with Crippen molar-refractivity contribution < 1.29 is 4.74 Å². The molecule has 20 heavy (non-hydrogen) atoms.